The van der Waals surface area contributed by atoms with Crippen LogP contribution in [0.4, 0.5) is 0 Å². The van der Waals surface area contributed by atoms with Gasteiger partial charge < -0.3 is 16.4 Å². The van der Waals surface area contributed by atoms with Crippen LogP contribution in [-0.4, -0.2) is 29.4 Å². The van der Waals surface area contributed by atoms with Crippen molar-refractivity contribution in [3.8, 4) is 0 Å². The van der Waals surface area contributed by atoms with Crippen molar-refractivity contribution in [1.82, 2.24) is 10.6 Å². The molecule has 2 amide bonds. The summed E-state index contributed by atoms with van der Waals surface area (Å²) in [5, 5.41) is 5.39. The molecule has 1 rings (SSSR count). The van der Waals surface area contributed by atoms with Crippen molar-refractivity contribution in [1.29, 1.82) is 0 Å². The van der Waals surface area contributed by atoms with Crippen LogP contribution in [0.2, 0.25) is 0 Å². The van der Waals surface area contributed by atoms with Crippen LogP contribution in [0.15, 0.2) is 0 Å². The fourth-order valence-corrected chi connectivity index (χ4v) is 1.97. The largest absolute Gasteiger partial charge is 0.393 e. The Hall–Kier alpha value is -1.17. The predicted molar refractivity (Wildman–Crippen MR) is 64.7 cm³/mol. The van der Waals surface area contributed by atoms with Crippen LogP contribution < -0.4 is 16.4 Å². The first-order valence-electron chi connectivity index (χ1n) is 5.43. The van der Waals surface area contributed by atoms with Crippen LogP contribution in [0.5, 0.6) is 0 Å². The Bertz CT molecular complexity index is 306. The molecule has 0 bridgehead atoms. The molecule has 0 aromatic rings. The minimum Gasteiger partial charge on any atom is -0.393 e. The molecule has 0 radical (unpaired) electrons. The molecule has 1 saturated heterocycles. The highest BCUT2D eigenvalue weighted by atomic mass is 32.1. The Morgan fingerprint density at radius 1 is 1.75 bits per heavy atom. The summed E-state index contributed by atoms with van der Waals surface area (Å²) in [6.45, 7) is 2.52. The molecule has 4 N–H and O–H groups in total. The lowest BCUT2D eigenvalue weighted by atomic mass is 10.0. The molecular weight excluding hydrogens is 226 g/mol. The molecule has 1 aliphatic rings. The minimum absolute atomic E-state index is 0.127. The van der Waals surface area contributed by atoms with Gasteiger partial charge in [-0.2, -0.15) is 0 Å². The van der Waals surface area contributed by atoms with E-state index in [0.717, 1.165) is 6.42 Å². The minimum atomic E-state index is -0.482. The van der Waals surface area contributed by atoms with Gasteiger partial charge in [-0.15, -0.1) is 0 Å². The third kappa shape index (κ3) is 3.16. The zero-order chi connectivity index (χ0) is 12.1. The molecule has 1 aliphatic heterocycles. The van der Waals surface area contributed by atoms with Crippen molar-refractivity contribution in [3.05, 3.63) is 0 Å². The number of hydrogen-bond acceptors (Lipinski definition) is 3. The normalized spacial score (nSPS) is 22.1. The van der Waals surface area contributed by atoms with Crippen LogP contribution in [0, 0.1) is 5.92 Å². The van der Waals surface area contributed by atoms with E-state index in [2.05, 4.69) is 10.6 Å². The maximum atomic E-state index is 11.8. The maximum absolute atomic E-state index is 11.8. The molecule has 2 unspecified atom stereocenters. The van der Waals surface area contributed by atoms with Gasteiger partial charge in [0.15, 0.2) is 0 Å². The van der Waals surface area contributed by atoms with E-state index >= 15 is 0 Å². The van der Waals surface area contributed by atoms with Crippen molar-refractivity contribution in [2.45, 2.75) is 32.2 Å². The topological polar surface area (TPSA) is 84.2 Å². The molecular formula is C10H17N3O2S. The number of carbonyl (C=O) groups is 2. The Balaban J connectivity index is 2.55. The SMILES string of the molecule is CCC(C(=O)NC1CCCNC1=O)C(N)=S. The number of thiocarbonyl (C=S) groups is 1. The van der Waals surface area contributed by atoms with Crippen molar-refractivity contribution in [3.63, 3.8) is 0 Å². The summed E-state index contributed by atoms with van der Waals surface area (Å²) < 4.78 is 0. The molecule has 0 aromatic heterocycles. The third-order valence-electron chi connectivity index (χ3n) is 2.67. The summed E-state index contributed by atoms with van der Waals surface area (Å²) in [6, 6.07) is -0.440. The Kier molecular flexibility index (Phi) is 4.67. The Morgan fingerprint density at radius 3 is 2.94 bits per heavy atom. The fourth-order valence-electron chi connectivity index (χ4n) is 1.70. The van der Waals surface area contributed by atoms with Crippen LogP contribution in [0.3, 0.4) is 0 Å². The second-order valence-electron chi connectivity index (χ2n) is 3.86. The van der Waals surface area contributed by atoms with E-state index in [1.807, 2.05) is 6.92 Å². The van der Waals surface area contributed by atoms with Crippen molar-refractivity contribution in [2.75, 3.05) is 6.54 Å². The molecule has 0 aliphatic carbocycles. The van der Waals surface area contributed by atoms with Crippen LogP contribution >= 0.6 is 12.2 Å². The van der Waals surface area contributed by atoms with Crippen LogP contribution in [0.1, 0.15) is 26.2 Å². The number of piperidine rings is 1. The van der Waals surface area contributed by atoms with Gasteiger partial charge in [0.1, 0.15) is 6.04 Å². The summed E-state index contributed by atoms with van der Waals surface area (Å²) in [5.41, 5.74) is 5.46. The van der Waals surface area contributed by atoms with Gasteiger partial charge in [-0.25, -0.2) is 0 Å². The number of hydrogen-bond donors (Lipinski definition) is 3. The molecule has 0 saturated carbocycles. The van der Waals surface area contributed by atoms with E-state index < -0.39 is 12.0 Å². The highest BCUT2D eigenvalue weighted by Crippen LogP contribution is 2.07. The van der Waals surface area contributed by atoms with Crippen LogP contribution in [-0.2, 0) is 9.59 Å². The first kappa shape index (κ1) is 12.9. The van der Waals surface area contributed by atoms with Crippen molar-refractivity contribution >= 4 is 29.0 Å². The van der Waals surface area contributed by atoms with Crippen molar-refractivity contribution in [2.24, 2.45) is 11.7 Å². The summed E-state index contributed by atoms with van der Waals surface area (Å²) >= 11 is 4.81. The van der Waals surface area contributed by atoms with Gasteiger partial charge in [-0.3, -0.25) is 9.59 Å². The molecule has 5 nitrogen and oxygen atoms in total. The number of rotatable bonds is 4. The van der Waals surface area contributed by atoms with Gasteiger partial charge in [0.2, 0.25) is 11.8 Å². The molecule has 16 heavy (non-hydrogen) atoms. The zero-order valence-corrected chi connectivity index (χ0v) is 10.1. The number of nitrogens with one attached hydrogen (secondary N) is 2. The van der Waals surface area contributed by atoms with Crippen molar-refractivity contribution < 1.29 is 9.59 Å². The second-order valence-corrected chi connectivity index (χ2v) is 4.33. The lowest BCUT2D eigenvalue weighted by Crippen LogP contribution is -2.52. The van der Waals surface area contributed by atoms with E-state index in [1.54, 1.807) is 0 Å². The zero-order valence-electron chi connectivity index (χ0n) is 9.29. The monoisotopic (exact) mass is 243 g/mol. The van der Waals surface area contributed by atoms with Gasteiger partial charge in [-0.1, -0.05) is 19.1 Å². The molecule has 0 spiro atoms. The Morgan fingerprint density at radius 2 is 2.44 bits per heavy atom. The predicted octanol–water partition coefficient (Wildman–Crippen LogP) is -0.306. The van der Waals surface area contributed by atoms with Gasteiger partial charge >= 0.3 is 0 Å². The smallest absolute Gasteiger partial charge is 0.242 e. The van der Waals surface area contributed by atoms with Gasteiger partial charge in [0, 0.05) is 6.54 Å². The number of carbonyl (C=O) groups excluding carboxylic acids is 2. The lowest BCUT2D eigenvalue weighted by molar-refractivity contribution is -0.131. The molecule has 6 heteroatoms. The van der Waals surface area contributed by atoms with E-state index in [4.69, 9.17) is 18.0 Å². The first-order chi connectivity index (χ1) is 7.56. The summed E-state index contributed by atoms with van der Waals surface area (Å²) in [7, 11) is 0. The number of nitrogens with two attached hydrogens (primary N) is 1. The summed E-state index contributed by atoms with van der Waals surface area (Å²) in [4.78, 5) is 23.4. The van der Waals surface area contributed by atoms with Crippen LogP contribution in [0.25, 0.3) is 0 Å². The summed E-state index contributed by atoms with van der Waals surface area (Å²) in [6.07, 6.45) is 2.10. The van der Waals surface area contributed by atoms with E-state index in [0.29, 0.717) is 19.4 Å². The van der Waals surface area contributed by atoms with E-state index in [1.165, 1.54) is 0 Å². The molecule has 2 atom stereocenters. The molecule has 0 aromatic carbocycles. The maximum Gasteiger partial charge on any atom is 0.242 e. The number of amides is 2. The average molecular weight is 243 g/mol. The van der Waals surface area contributed by atoms with Gasteiger partial charge in [-0.05, 0) is 19.3 Å². The molecule has 1 heterocycles. The molecule has 1 fully saturated rings. The van der Waals surface area contributed by atoms with Gasteiger partial charge in [0.25, 0.3) is 0 Å². The third-order valence-corrected chi connectivity index (χ3v) is 2.95. The van der Waals surface area contributed by atoms with E-state index in [9.17, 15) is 9.59 Å². The fraction of sp³-hybridized carbons (Fsp3) is 0.700. The first-order valence-corrected chi connectivity index (χ1v) is 5.84. The highest BCUT2D eigenvalue weighted by Gasteiger charge is 2.27. The average Bonchev–Trinajstić information content (AvgIpc) is 2.22. The molecule has 90 valence electrons. The lowest BCUT2D eigenvalue weighted by Gasteiger charge is -2.24. The Labute approximate surface area is 100 Å². The quantitative estimate of drug-likeness (QED) is 0.592. The highest BCUT2D eigenvalue weighted by molar-refractivity contribution is 7.80. The van der Waals surface area contributed by atoms with Gasteiger partial charge in [0.05, 0.1) is 10.9 Å². The summed E-state index contributed by atoms with van der Waals surface area (Å²) in [5.74, 6) is -0.862. The second kappa shape index (κ2) is 5.79. The standard InChI is InChI=1S/C10H17N3O2S/c1-2-6(8(11)16)9(14)13-7-4-3-5-12-10(7)15/h6-7H,2-5H2,1H3,(H2,11,16)(H,12,15)(H,13,14). The van der Waals surface area contributed by atoms with E-state index in [-0.39, 0.29) is 16.8 Å².